The summed E-state index contributed by atoms with van der Waals surface area (Å²) in [5, 5.41) is 0.791. The molecule has 0 aromatic carbocycles. The fourth-order valence-electron chi connectivity index (χ4n) is 2.54. The van der Waals surface area contributed by atoms with Crippen molar-refractivity contribution >= 4 is 25.8 Å². The molecule has 0 heterocycles. The first-order chi connectivity index (χ1) is 7.81. The van der Waals surface area contributed by atoms with Crippen LogP contribution in [0.15, 0.2) is 0 Å². The quantitative estimate of drug-likeness (QED) is 0.599. The first kappa shape index (κ1) is 17.4. The normalized spacial score (nSPS) is 13.3. The van der Waals surface area contributed by atoms with E-state index in [4.69, 9.17) is 0 Å². The SMILES string of the molecule is CCCC(CBr)(CCC)CS(=O)(=O)CC(C)C. The molecule has 0 saturated heterocycles. The molecule has 4 heteroatoms. The van der Waals surface area contributed by atoms with Crippen molar-refractivity contribution in [3.8, 4) is 0 Å². The zero-order valence-electron chi connectivity index (χ0n) is 11.6. The summed E-state index contributed by atoms with van der Waals surface area (Å²) in [4.78, 5) is 0. The predicted octanol–water partition coefficient (Wildman–Crippen LogP) is 4.04. The molecule has 104 valence electrons. The molecule has 0 rings (SSSR count). The smallest absolute Gasteiger partial charge is 0.151 e. The summed E-state index contributed by atoms with van der Waals surface area (Å²) in [5.41, 5.74) is -0.0583. The van der Waals surface area contributed by atoms with Crippen LogP contribution in [0.3, 0.4) is 0 Å². The van der Waals surface area contributed by atoms with Crippen molar-refractivity contribution in [1.82, 2.24) is 0 Å². The largest absolute Gasteiger partial charge is 0.229 e. The number of halogens is 1. The Bertz CT molecular complexity index is 291. The van der Waals surface area contributed by atoms with Gasteiger partial charge in [0.05, 0.1) is 11.5 Å². The van der Waals surface area contributed by atoms with Crippen molar-refractivity contribution in [2.24, 2.45) is 11.3 Å². The molecule has 0 amide bonds. The monoisotopic (exact) mass is 326 g/mol. The van der Waals surface area contributed by atoms with Gasteiger partial charge in [0.1, 0.15) is 0 Å². The van der Waals surface area contributed by atoms with Crippen molar-refractivity contribution in [3.05, 3.63) is 0 Å². The minimum absolute atomic E-state index is 0.0583. The van der Waals surface area contributed by atoms with Gasteiger partial charge < -0.3 is 0 Å². The molecule has 0 saturated carbocycles. The highest BCUT2D eigenvalue weighted by Gasteiger charge is 2.33. The summed E-state index contributed by atoms with van der Waals surface area (Å²) in [7, 11) is -2.92. The lowest BCUT2D eigenvalue weighted by molar-refractivity contribution is 0.313. The van der Waals surface area contributed by atoms with Crippen molar-refractivity contribution in [2.75, 3.05) is 16.8 Å². The average Bonchev–Trinajstić information content (AvgIpc) is 2.15. The predicted molar refractivity (Wildman–Crippen MR) is 79.5 cm³/mol. The van der Waals surface area contributed by atoms with Gasteiger partial charge in [0, 0.05) is 5.33 Å². The van der Waals surface area contributed by atoms with Crippen LogP contribution in [0.5, 0.6) is 0 Å². The van der Waals surface area contributed by atoms with E-state index in [1.807, 2.05) is 13.8 Å². The Morgan fingerprint density at radius 3 is 1.88 bits per heavy atom. The maximum absolute atomic E-state index is 12.1. The molecule has 0 radical (unpaired) electrons. The molecule has 0 fully saturated rings. The molecule has 0 bridgehead atoms. The molecule has 0 aromatic heterocycles. The van der Waals surface area contributed by atoms with Gasteiger partial charge in [-0.3, -0.25) is 0 Å². The number of hydrogen-bond acceptors (Lipinski definition) is 2. The lowest BCUT2D eigenvalue weighted by Crippen LogP contribution is -2.34. The Morgan fingerprint density at radius 2 is 1.59 bits per heavy atom. The van der Waals surface area contributed by atoms with Gasteiger partial charge in [-0.1, -0.05) is 56.5 Å². The average molecular weight is 327 g/mol. The van der Waals surface area contributed by atoms with Gasteiger partial charge in [-0.2, -0.15) is 0 Å². The van der Waals surface area contributed by atoms with E-state index in [1.165, 1.54) is 0 Å². The van der Waals surface area contributed by atoms with Crippen LogP contribution in [-0.2, 0) is 9.84 Å². The van der Waals surface area contributed by atoms with Crippen LogP contribution < -0.4 is 0 Å². The van der Waals surface area contributed by atoms with E-state index in [1.54, 1.807) is 0 Å². The third-order valence-corrected chi connectivity index (χ3v) is 6.37. The van der Waals surface area contributed by atoms with Gasteiger partial charge in [0.15, 0.2) is 9.84 Å². The number of sulfone groups is 1. The van der Waals surface area contributed by atoms with Crippen molar-refractivity contribution < 1.29 is 8.42 Å². The van der Waals surface area contributed by atoms with Gasteiger partial charge in [0.2, 0.25) is 0 Å². The Hall–Kier alpha value is 0.430. The minimum atomic E-state index is -2.92. The minimum Gasteiger partial charge on any atom is -0.229 e. The highest BCUT2D eigenvalue weighted by Crippen LogP contribution is 2.34. The van der Waals surface area contributed by atoms with E-state index < -0.39 is 9.84 Å². The van der Waals surface area contributed by atoms with Gasteiger partial charge in [0.25, 0.3) is 0 Å². The molecular formula is C13H27BrO2S. The molecule has 2 nitrogen and oxygen atoms in total. The number of hydrogen-bond donors (Lipinski definition) is 0. The molecule has 0 aliphatic rings. The molecule has 0 unspecified atom stereocenters. The van der Waals surface area contributed by atoms with E-state index in [0.717, 1.165) is 31.0 Å². The van der Waals surface area contributed by atoms with E-state index in [9.17, 15) is 8.42 Å². The van der Waals surface area contributed by atoms with Gasteiger partial charge >= 0.3 is 0 Å². The highest BCUT2D eigenvalue weighted by molar-refractivity contribution is 9.09. The van der Waals surface area contributed by atoms with Crippen LogP contribution in [0.1, 0.15) is 53.4 Å². The Morgan fingerprint density at radius 1 is 1.12 bits per heavy atom. The maximum Gasteiger partial charge on any atom is 0.151 e. The third-order valence-electron chi connectivity index (χ3n) is 2.96. The Balaban J connectivity index is 4.83. The third kappa shape index (κ3) is 6.80. The topological polar surface area (TPSA) is 34.1 Å². The standard InChI is InChI=1S/C13H27BrO2S/c1-5-7-13(10-14,8-6-2)11-17(15,16)9-12(3)4/h12H,5-11H2,1-4H3. The molecule has 0 atom stereocenters. The van der Waals surface area contributed by atoms with Crippen molar-refractivity contribution in [2.45, 2.75) is 53.4 Å². The van der Waals surface area contributed by atoms with Crippen LogP contribution in [0, 0.1) is 11.3 Å². The molecule has 0 aliphatic heterocycles. The van der Waals surface area contributed by atoms with Crippen molar-refractivity contribution in [1.29, 1.82) is 0 Å². The number of rotatable bonds is 9. The second-order valence-corrected chi connectivity index (χ2v) is 8.25. The summed E-state index contributed by atoms with van der Waals surface area (Å²) >= 11 is 3.53. The van der Waals surface area contributed by atoms with Gasteiger partial charge in [-0.15, -0.1) is 0 Å². The molecule has 0 N–H and O–H groups in total. The summed E-state index contributed by atoms with van der Waals surface area (Å²) in [5.74, 6) is 0.872. The van der Waals surface area contributed by atoms with Crippen LogP contribution in [0.4, 0.5) is 0 Å². The summed E-state index contributed by atoms with van der Waals surface area (Å²) in [6, 6.07) is 0. The van der Waals surface area contributed by atoms with Gasteiger partial charge in [-0.25, -0.2) is 8.42 Å². The number of alkyl halides is 1. The van der Waals surface area contributed by atoms with Gasteiger partial charge in [-0.05, 0) is 24.2 Å². The second kappa shape index (κ2) is 7.78. The van der Waals surface area contributed by atoms with Crippen LogP contribution in [0.2, 0.25) is 0 Å². The Labute approximate surface area is 116 Å². The van der Waals surface area contributed by atoms with E-state index >= 15 is 0 Å². The molecular weight excluding hydrogens is 300 g/mol. The van der Waals surface area contributed by atoms with Crippen LogP contribution in [0.25, 0.3) is 0 Å². The fourth-order valence-corrected chi connectivity index (χ4v) is 6.01. The van der Waals surface area contributed by atoms with E-state index in [2.05, 4.69) is 29.8 Å². The molecule has 0 aromatic rings. The fraction of sp³-hybridized carbons (Fsp3) is 1.00. The second-order valence-electron chi connectivity index (χ2n) is 5.58. The lowest BCUT2D eigenvalue weighted by Gasteiger charge is -2.31. The summed E-state index contributed by atoms with van der Waals surface area (Å²) < 4.78 is 24.3. The lowest BCUT2D eigenvalue weighted by atomic mass is 9.83. The van der Waals surface area contributed by atoms with Crippen molar-refractivity contribution in [3.63, 3.8) is 0 Å². The summed E-state index contributed by atoms with van der Waals surface area (Å²) in [6.45, 7) is 8.18. The summed E-state index contributed by atoms with van der Waals surface area (Å²) in [6.07, 6.45) is 4.07. The first-order valence-corrected chi connectivity index (χ1v) is 9.51. The van der Waals surface area contributed by atoms with E-state index in [-0.39, 0.29) is 11.3 Å². The molecule has 0 aliphatic carbocycles. The highest BCUT2D eigenvalue weighted by atomic mass is 79.9. The first-order valence-electron chi connectivity index (χ1n) is 6.57. The molecule has 17 heavy (non-hydrogen) atoms. The molecule has 0 spiro atoms. The Kier molecular flexibility index (Phi) is 7.97. The maximum atomic E-state index is 12.1. The van der Waals surface area contributed by atoms with Crippen LogP contribution >= 0.6 is 15.9 Å². The zero-order chi connectivity index (χ0) is 13.5. The zero-order valence-corrected chi connectivity index (χ0v) is 14.0. The van der Waals surface area contributed by atoms with Crippen LogP contribution in [-0.4, -0.2) is 25.3 Å². The van der Waals surface area contributed by atoms with E-state index in [0.29, 0.717) is 11.5 Å².